The second-order valence-electron chi connectivity index (χ2n) is 12.5. The fraction of sp³-hybridized carbons (Fsp3) is 0.406. The highest BCUT2D eigenvalue weighted by Gasteiger charge is 2.32. The molecule has 0 fully saturated rings. The number of aliphatic hydroxyl groups is 1. The lowest BCUT2D eigenvalue weighted by atomic mass is 10.1. The molecule has 3 aromatic rings. The molecule has 5 N–H and O–H groups in total. The fourth-order valence-electron chi connectivity index (χ4n) is 4.40. The monoisotopic (exact) mass is 656 g/mol. The molecule has 0 aliphatic carbocycles. The molecule has 0 bridgehead atoms. The van der Waals surface area contributed by atoms with Gasteiger partial charge in [0.2, 0.25) is 0 Å². The third kappa shape index (κ3) is 9.16. The third-order valence-corrected chi connectivity index (χ3v) is 9.95. The van der Waals surface area contributed by atoms with E-state index < -0.39 is 21.2 Å². The molecule has 11 nitrogen and oxygen atoms in total. The van der Waals surface area contributed by atoms with Crippen molar-refractivity contribution in [2.45, 2.75) is 51.3 Å². The van der Waals surface area contributed by atoms with E-state index in [2.05, 4.69) is 31.2 Å². The van der Waals surface area contributed by atoms with Crippen molar-refractivity contribution < 1.29 is 23.1 Å². The van der Waals surface area contributed by atoms with Crippen molar-refractivity contribution in [1.29, 1.82) is 0 Å². The summed E-state index contributed by atoms with van der Waals surface area (Å²) in [5.41, 5.74) is 2.62. The van der Waals surface area contributed by atoms with Crippen molar-refractivity contribution in [1.82, 2.24) is 20.6 Å². The van der Waals surface area contributed by atoms with Crippen molar-refractivity contribution >= 4 is 50.7 Å². The van der Waals surface area contributed by atoms with Crippen LogP contribution in [0.1, 0.15) is 57.0 Å². The summed E-state index contributed by atoms with van der Waals surface area (Å²) < 4.78 is 29.8. The van der Waals surface area contributed by atoms with E-state index >= 15 is 0 Å². The highest BCUT2D eigenvalue weighted by atomic mass is 35.5. The molecule has 0 saturated carbocycles. The normalized spacial score (nSPS) is 13.6. The van der Waals surface area contributed by atoms with Gasteiger partial charge < -0.3 is 31.1 Å². The molecule has 2 aromatic carbocycles. The Morgan fingerprint density at radius 3 is 2.60 bits per heavy atom. The van der Waals surface area contributed by atoms with Crippen LogP contribution in [0.3, 0.4) is 0 Å². The molecule has 0 spiro atoms. The fourth-order valence-corrected chi connectivity index (χ4v) is 5.78. The minimum absolute atomic E-state index is 0.0724. The average molecular weight is 657 g/mol. The van der Waals surface area contributed by atoms with Crippen LogP contribution in [0.5, 0.6) is 11.5 Å². The maximum Gasteiger partial charge on any atom is 0.251 e. The van der Waals surface area contributed by atoms with Gasteiger partial charge in [-0.15, -0.1) is 0 Å². The number of anilines is 3. The van der Waals surface area contributed by atoms with Crippen LogP contribution in [0.25, 0.3) is 6.08 Å². The zero-order valence-electron chi connectivity index (χ0n) is 26.2. The zero-order chi connectivity index (χ0) is 32.8. The summed E-state index contributed by atoms with van der Waals surface area (Å²) in [7, 11) is -3.46. The minimum atomic E-state index is -3.46. The van der Waals surface area contributed by atoms with E-state index in [0.717, 1.165) is 17.6 Å². The lowest BCUT2D eigenvalue weighted by molar-refractivity contribution is 0.0919. The van der Waals surface area contributed by atoms with Gasteiger partial charge in [-0.05, 0) is 83.5 Å². The predicted octanol–water partition coefficient (Wildman–Crippen LogP) is 5.17. The van der Waals surface area contributed by atoms with Crippen molar-refractivity contribution in [3.8, 4) is 11.5 Å². The van der Waals surface area contributed by atoms with E-state index in [1.807, 2.05) is 32.9 Å². The number of aromatic nitrogens is 2. The smallest absolute Gasteiger partial charge is 0.251 e. The van der Waals surface area contributed by atoms with Crippen LogP contribution < -0.4 is 26.0 Å². The molecule has 0 unspecified atom stereocenters. The summed E-state index contributed by atoms with van der Waals surface area (Å²) in [6.45, 7) is 9.79. The van der Waals surface area contributed by atoms with Gasteiger partial charge in [0.25, 0.3) is 5.91 Å². The molecule has 1 aliphatic rings. The van der Waals surface area contributed by atoms with Crippen molar-refractivity contribution in [3.63, 3.8) is 0 Å². The highest BCUT2D eigenvalue weighted by molar-refractivity contribution is 7.92. The summed E-state index contributed by atoms with van der Waals surface area (Å²) in [5.74, 6) is 1.89. The van der Waals surface area contributed by atoms with Crippen LogP contribution in [0.2, 0.25) is 5.02 Å². The number of halogens is 1. The zero-order valence-corrected chi connectivity index (χ0v) is 27.8. The van der Waals surface area contributed by atoms with Gasteiger partial charge in [0.1, 0.15) is 29.5 Å². The first kappa shape index (κ1) is 34.2. The topological polar surface area (TPSA) is 155 Å². The SMILES string of the molecule is CC(C)(C)NC(=O)c1cccc(Oc2ccc(Nc3ncnc4c3C=C(CNCCS(=O)(=O)C(C)(C)CO)CCN4)cc2Cl)c1. The van der Waals surface area contributed by atoms with Crippen molar-refractivity contribution in [2.24, 2.45) is 0 Å². The quantitative estimate of drug-likeness (QED) is 0.165. The molecule has 1 aliphatic heterocycles. The van der Waals surface area contributed by atoms with Crippen LogP contribution in [-0.2, 0) is 9.84 Å². The van der Waals surface area contributed by atoms with E-state index in [1.165, 1.54) is 20.2 Å². The molecule has 2 heterocycles. The molecule has 13 heteroatoms. The lowest BCUT2D eigenvalue weighted by Crippen LogP contribution is -2.40. The first-order valence-electron chi connectivity index (χ1n) is 14.7. The number of carbonyl (C=O) groups excluding carboxylic acids is 1. The molecular formula is C32H41ClN6O5S. The second-order valence-corrected chi connectivity index (χ2v) is 15.6. The lowest BCUT2D eigenvalue weighted by Gasteiger charge is -2.22. The van der Waals surface area contributed by atoms with E-state index in [9.17, 15) is 18.3 Å². The Balaban J connectivity index is 1.45. The molecular weight excluding hydrogens is 616 g/mol. The Bertz CT molecular complexity index is 1670. The number of hydrogen-bond donors (Lipinski definition) is 5. The van der Waals surface area contributed by atoms with E-state index in [-0.39, 0.29) is 23.7 Å². The number of nitrogens with zero attached hydrogens (tertiary/aromatic N) is 2. The minimum Gasteiger partial charge on any atom is -0.456 e. The van der Waals surface area contributed by atoms with E-state index in [0.29, 0.717) is 52.5 Å². The van der Waals surface area contributed by atoms with E-state index in [4.69, 9.17) is 16.3 Å². The highest BCUT2D eigenvalue weighted by Crippen LogP contribution is 2.34. The van der Waals surface area contributed by atoms with Gasteiger partial charge in [0.15, 0.2) is 9.84 Å². The Kier molecular flexibility index (Phi) is 10.7. The molecule has 0 atom stereocenters. The molecule has 242 valence electrons. The number of amides is 1. The standard InChI is InChI=1S/C32H41ClN6O5S/c1-31(2,3)39-30(41)22-7-6-8-24(16-22)44-27-10-9-23(17-26(27)33)38-29-25-15-21(11-12-35-28(25)36-20-37-29)18-34-13-14-45(42,43)32(4,5)19-40/h6-10,15-17,20,34,40H,11-14,18-19H2,1-5H3,(H,39,41)(H2,35,36,37,38). The number of ether oxygens (including phenoxy) is 1. The summed E-state index contributed by atoms with van der Waals surface area (Å²) in [4.78, 5) is 21.4. The molecule has 1 amide bonds. The average Bonchev–Trinajstić information content (AvgIpc) is 3.19. The molecule has 0 saturated heterocycles. The van der Waals surface area contributed by atoms with Gasteiger partial charge in [0.05, 0.1) is 27.7 Å². The van der Waals surface area contributed by atoms with Gasteiger partial charge in [-0.1, -0.05) is 23.2 Å². The number of hydrogen-bond acceptors (Lipinski definition) is 10. The Morgan fingerprint density at radius 1 is 1.11 bits per heavy atom. The van der Waals surface area contributed by atoms with Crippen molar-refractivity contribution in [3.05, 3.63) is 70.5 Å². The predicted molar refractivity (Wildman–Crippen MR) is 179 cm³/mol. The molecule has 1 aromatic heterocycles. The number of fused-ring (bicyclic) bond motifs is 1. The molecule has 4 rings (SSSR count). The van der Waals surface area contributed by atoms with Gasteiger partial charge >= 0.3 is 0 Å². The van der Waals surface area contributed by atoms with Crippen molar-refractivity contribution in [2.75, 3.05) is 42.6 Å². The van der Waals surface area contributed by atoms with Crippen LogP contribution in [-0.4, -0.2) is 71.7 Å². The number of rotatable bonds is 12. The maximum atomic E-state index is 12.6. The third-order valence-electron chi connectivity index (χ3n) is 7.10. The van der Waals surface area contributed by atoms with Gasteiger partial charge in [-0.25, -0.2) is 18.4 Å². The number of benzene rings is 2. The number of carbonyl (C=O) groups is 1. The first-order valence-corrected chi connectivity index (χ1v) is 16.7. The van der Waals surface area contributed by atoms with Crippen LogP contribution >= 0.6 is 11.6 Å². The van der Waals surface area contributed by atoms with Crippen LogP contribution in [0.4, 0.5) is 17.3 Å². The Hall–Kier alpha value is -3.71. The summed E-state index contributed by atoms with van der Waals surface area (Å²) in [6.07, 6.45) is 4.20. The number of aliphatic hydroxyl groups excluding tert-OH is 1. The second kappa shape index (κ2) is 14.2. The largest absolute Gasteiger partial charge is 0.456 e. The number of nitrogens with one attached hydrogen (secondary N) is 4. The van der Waals surface area contributed by atoms with E-state index in [1.54, 1.807) is 36.4 Å². The van der Waals surface area contributed by atoms with Gasteiger partial charge in [-0.2, -0.15) is 0 Å². The summed E-state index contributed by atoms with van der Waals surface area (Å²) >= 11 is 6.60. The number of sulfone groups is 1. The van der Waals surface area contributed by atoms with Gasteiger partial charge in [-0.3, -0.25) is 4.79 Å². The van der Waals surface area contributed by atoms with Crippen LogP contribution in [0, 0.1) is 0 Å². The first-order chi connectivity index (χ1) is 21.2. The molecule has 45 heavy (non-hydrogen) atoms. The Labute approximate surface area is 269 Å². The van der Waals surface area contributed by atoms with Gasteiger partial charge in [0, 0.05) is 36.4 Å². The van der Waals surface area contributed by atoms with Crippen LogP contribution in [0.15, 0.2) is 54.4 Å². The maximum absolute atomic E-state index is 12.6. The molecule has 0 radical (unpaired) electrons. The summed E-state index contributed by atoms with van der Waals surface area (Å²) in [6, 6.07) is 12.2. The summed E-state index contributed by atoms with van der Waals surface area (Å²) in [5, 5.41) is 22.6. The Morgan fingerprint density at radius 2 is 1.89 bits per heavy atom.